The molecule has 2 N–H and O–H groups in total. The quantitative estimate of drug-likeness (QED) is 0.725. The van der Waals surface area contributed by atoms with E-state index in [9.17, 15) is 4.79 Å². The van der Waals surface area contributed by atoms with Crippen molar-refractivity contribution in [1.29, 1.82) is 0 Å². The molecule has 0 unspecified atom stereocenters. The molecule has 1 amide bonds. The zero-order chi connectivity index (χ0) is 18.9. The van der Waals surface area contributed by atoms with Crippen LogP contribution in [-0.2, 0) is 19.3 Å². The Balaban J connectivity index is 1.46. The molecule has 2 aliphatic carbocycles. The van der Waals surface area contributed by atoms with E-state index >= 15 is 0 Å². The summed E-state index contributed by atoms with van der Waals surface area (Å²) in [5, 5.41) is 3.24. The number of nitrogens with zero attached hydrogens (tertiary/aromatic N) is 2. The predicted octanol–water partition coefficient (Wildman–Crippen LogP) is 3.06. The molecule has 6 nitrogen and oxygen atoms in total. The molecule has 28 heavy (non-hydrogen) atoms. The summed E-state index contributed by atoms with van der Waals surface area (Å²) in [6.45, 7) is 0. The van der Waals surface area contributed by atoms with Crippen molar-refractivity contribution in [2.45, 2.75) is 37.6 Å². The molecule has 3 aromatic rings. The van der Waals surface area contributed by atoms with Gasteiger partial charge < -0.3 is 15.0 Å². The number of pyridine rings is 2. The maximum Gasteiger partial charge on any atom is 0.253 e. The molecular weight excluding hydrogens is 352 g/mol. The van der Waals surface area contributed by atoms with Crippen LogP contribution in [-0.4, -0.2) is 33.5 Å². The smallest absolute Gasteiger partial charge is 0.253 e. The van der Waals surface area contributed by atoms with Crippen LogP contribution in [0.15, 0.2) is 30.6 Å². The molecule has 4 heterocycles. The van der Waals surface area contributed by atoms with E-state index in [1.807, 2.05) is 18.3 Å². The molecule has 3 aliphatic rings. The van der Waals surface area contributed by atoms with Gasteiger partial charge in [-0.2, -0.15) is 0 Å². The Hall–Kier alpha value is -3.15. The molecule has 1 aliphatic heterocycles. The van der Waals surface area contributed by atoms with Gasteiger partial charge in [0.1, 0.15) is 0 Å². The molecular formula is C22H20N4O2. The highest BCUT2D eigenvalue weighted by Gasteiger charge is 2.49. The number of aromatic amines is 1. The number of methoxy groups -OCH3 is 1. The number of aryl methyl sites for hydroxylation is 1. The predicted molar refractivity (Wildman–Crippen MR) is 104 cm³/mol. The third-order valence-corrected chi connectivity index (χ3v) is 6.30. The molecule has 0 radical (unpaired) electrons. The minimum Gasteiger partial charge on any atom is -0.481 e. The van der Waals surface area contributed by atoms with Gasteiger partial charge in [-0.3, -0.25) is 9.78 Å². The second-order valence-corrected chi connectivity index (χ2v) is 8.06. The van der Waals surface area contributed by atoms with E-state index in [0.717, 1.165) is 71.4 Å². The Morgan fingerprint density at radius 2 is 2.04 bits per heavy atom. The van der Waals surface area contributed by atoms with Gasteiger partial charge in [-0.15, -0.1) is 0 Å². The van der Waals surface area contributed by atoms with Gasteiger partial charge in [0.05, 0.1) is 24.1 Å². The van der Waals surface area contributed by atoms with Crippen LogP contribution in [0.1, 0.15) is 40.0 Å². The van der Waals surface area contributed by atoms with Crippen LogP contribution in [0.5, 0.6) is 5.88 Å². The first kappa shape index (κ1) is 15.9. The van der Waals surface area contributed by atoms with Gasteiger partial charge in [-0.25, -0.2) is 4.98 Å². The molecule has 3 aromatic heterocycles. The zero-order valence-corrected chi connectivity index (χ0v) is 15.6. The molecule has 6 rings (SSSR count). The van der Waals surface area contributed by atoms with E-state index < -0.39 is 0 Å². The molecule has 1 spiro atoms. The van der Waals surface area contributed by atoms with Gasteiger partial charge in [-0.05, 0) is 48.9 Å². The molecule has 0 atom stereocenters. The number of rotatable bonds is 2. The fraction of sp³-hybridized carbons (Fsp3) is 0.318. The molecule has 1 fully saturated rings. The summed E-state index contributed by atoms with van der Waals surface area (Å²) in [4.78, 5) is 25.3. The van der Waals surface area contributed by atoms with Crippen molar-refractivity contribution in [3.05, 3.63) is 53.0 Å². The van der Waals surface area contributed by atoms with Gasteiger partial charge in [0, 0.05) is 47.2 Å². The van der Waals surface area contributed by atoms with Crippen LogP contribution in [0.3, 0.4) is 0 Å². The molecule has 0 saturated heterocycles. The molecule has 1 saturated carbocycles. The molecule has 0 aromatic carbocycles. The molecule has 140 valence electrons. The number of hydrogen-bond donors (Lipinski definition) is 2. The monoisotopic (exact) mass is 372 g/mol. The van der Waals surface area contributed by atoms with Crippen LogP contribution in [0.4, 0.5) is 0 Å². The minimum absolute atomic E-state index is 0.0124. The average molecular weight is 372 g/mol. The average Bonchev–Trinajstić information content (AvgIpc) is 3.34. The van der Waals surface area contributed by atoms with E-state index in [0.29, 0.717) is 5.88 Å². The number of H-pyrrole nitrogens is 1. The first-order valence-corrected chi connectivity index (χ1v) is 9.72. The summed E-state index contributed by atoms with van der Waals surface area (Å²) in [5.74, 6) is 0.675. The standard InChI is InChI=1S/C22H20N4O2/c1-28-18-5-3-13(11-24-18)16-8-15-12(10-23-16)2-4-14-19-17(25-20(14)15)9-22(6-7-22)26-21(19)27/h3,5,8,10-11,25H,2,4,6-7,9H2,1H3,(H,26,27). The maximum absolute atomic E-state index is 12.8. The van der Waals surface area contributed by atoms with Crippen molar-refractivity contribution in [3.8, 4) is 28.4 Å². The Bertz CT molecular complexity index is 1130. The van der Waals surface area contributed by atoms with Crippen molar-refractivity contribution in [2.24, 2.45) is 0 Å². The second-order valence-electron chi connectivity index (χ2n) is 8.06. The first-order chi connectivity index (χ1) is 13.7. The van der Waals surface area contributed by atoms with Crippen molar-refractivity contribution in [2.75, 3.05) is 7.11 Å². The number of ether oxygens (including phenoxy) is 1. The Morgan fingerprint density at radius 3 is 2.79 bits per heavy atom. The highest BCUT2D eigenvalue weighted by Crippen LogP contribution is 2.45. The van der Waals surface area contributed by atoms with Crippen LogP contribution < -0.4 is 10.1 Å². The lowest BCUT2D eigenvalue weighted by Crippen LogP contribution is -2.43. The highest BCUT2D eigenvalue weighted by atomic mass is 16.5. The van der Waals surface area contributed by atoms with E-state index in [1.165, 1.54) is 5.56 Å². The minimum atomic E-state index is 0.0124. The number of aromatic nitrogens is 3. The third kappa shape index (κ3) is 2.24. The van der Waals surface area contributed by atoms with E-state index in [-0.39, 0.29) is 11.4 Å². The van der Waals surface area contributed by atoms with Crippen LogP contribution in [0, 0.1) is 0 Å². The number of fused-ring (bicyclic) bond motifs is 5. The number of amides is 1. The fourth-order valence-corrected chi connectivity index (χ4v) is 4.61. The molecule has 6 heteroatoms. The Labute approximate surface area is 162 Å². The van der Waals surface area contributed by atoms with Crippen LogP contribution >= 0.6 is 0 Å². The topological polar surface area (TPSA) is 79.9 Å². The van der Waals surface area contributed by atoms with E-state index in [4.69, 9.17) is 4.74 Å². The maximum atomic E-state index is 12.8. The van der Waals surface area contributed by atoms with Crippen molar-refractivity contribution >= 4 is 5.91 Å². The SMILES string of the molecule is COc1ccc(-c2cc3c(cn2)CCc2c-3[nH]c3c2C(=O)NC2(CC2)C3)cn1. The number of nitrogens with one attached hydrogen (secondary N) is 2. The van der Waals surface area contributed by atoms with Crippen molar-refractivity contribution in [1.82, 2.24) is 20.3 Å². The summed E-state index contributed by atoms with van der Waals surface area (Å²) in [6.07, 6.45) is 8.59. The number of carbonyl (C=O) groups is 1. The summed E-state index contributed by atoms with van der Waals surface area (Å²) in [7, 11) is 1.61. The second kappa shape index (κ2) is 5.44. The van der Waals surface area contributed by atoms with Crippen molar-refractivity contribution < 1.29 is 9.53 Å². The first-order valence-electron chi connectivity index (χ1n) is 9.72. The van der Waals surface area contributed by atoms with E-state index in [2.05, 4.69) is 26.3 Å². The normalized spacial score (nSPS) is 18.1. The lowest BCUT2D eigenvalue weighted by atomic mass is 9.87. The van der Waals surface area contributed by atoms with Gasteiger partial charge >= 0.3 is 0 Å². The lowest BCUT2D eigenvalue weighted by Gasteiger charge is -2.24. The Morgan fingerprint density at radius 1 is 1.14 bits per heavy atom. The van der Waals surface area contributed by atoms with Crippen LogP contribution in [0.2, 0.25) is 0 Å². The largest absolute Gasteiger partial charge is 0.481 e. The van der Waals surface area contributed by atoms with Gasteiger partial charge in [0.15, 0.2) is 0 Å². The third-order valence-electron chi connectivity index (χ3n) is 6.30. The fourth-order valence-electron chi connectivity index (χ4n) is 4.61. The lowest BCUT2D eigenvalue weighted by molar-refractivity contribution is 0.0917. The number of hydrogen-bond acceptors (Lipinski definition) is 4. The summed E-state index contributed by atoms with van der Waals surface area (Å²) in [5.41, 5.74) is 8.42. The summed E-state index contributed by atoms with van der Waals surface area (Å²) in [6, 6.07) is 5.92. The Kier molecular flexibility index (Phi) is 3.08. The van der Waals surface area contributed by atoms with Crippen molar-refractivity contribution in [3.63, 3.8) is 0 Å². The van der Waals surface area contributed by atoms with Gasteiger partial charge in [0.25, 0.3) is 5.91 Å². The zero-order valence-electron chi connectivity index (χ0n) is 15.6. The summed E-state index contributed by atoms with van der Waals surface area (Å²) < 4.78 is 5.15. The van der Waals surface area contributed by atoms with Gasteiger partial charge in [0.2, 0.25) is 5.88 Å². The summed E-state index contributed by atoms with van der Waals surface area (Å²) >= 11 is 0. The number of carbonyl (C=O) groups excluding carboxylic acids is 1. The highest BCUT2D eigenvalue weighted by molar-refractivity contribution is 6.01. The van der Waals surface area contributed by atoms with Crippen LogP contribution in [0.25, 0.3) is 22.5 Å². The van der Waals surface area contributed by atoms with E-state index in [1.54, 1.807) is 13.3 Å². The van der Waals surface area contributed by atoms with Gasteiger partial charge in [-0.1, -0.05) is 0 Å². The molecule has 0 bridgehead atoms.